The van der Waals surface area contributed by atoms with Crippen molar-refractivity contribution in [3.8, 4) is 5.75 Å². The Bertz CT molecular complexity index is 421. The van der Waals surface area contributed by atoms with Crippen LogP contribution in [0.15, 0.2) is 18.2 Å². The molecule has 0 aromatic heterocycles. The maximum atomic E-state index is 13.9. The zero-order valence-corrected chi connectivity index (χ0v) is 11.7. The van der Waals surface area contributed by atoms with E-state index in [9.17, 15) is 4.39 Å². The van der Waals surface area contributed by atoms with Crippen LogP contribution in [0.2, 0.25) is 0 Å². The van der Waals surface area contributed by atoms with Crippen LogP contribution in [0.3, 0.4) is 0 Å². The van der Waals surface area contributed by atoms with Gasteiger partial charge in [-0.15, -0.1) is 0 Å². The Balaban J connectivity index is 1.97. The van der Waals surface area contributed by atoms with E-state index < -0.39 is 0 Å². The average molecular weight is 266 g/mol. The first-order chi connectivity index (χ1) is 9.13. The van der Waals surface area contributed by atoms with Gasteiger partial charge in [-0.1, -0.05) is 12.5 Å². The van der Waals surface area contributed by atoms with E-state index in [2.05, 4.69) is 11.9 Å². The van der Waals surface area contributed by atoms with Crippen LogP contribution in [0.1, 0.15) is 37.3 Å². The van der Waals surface area contributed by atoms with Crippen molar-refractivity contribution in [2.75, 3.05) is 20.7 Å². The monoisotopic (exact) mass is 266 g/mol. The number of rotatable bonds is 6. The number of hydrogen-bond acceptors (Lipinski definition) is 3. The third kappa shape index (κ3) is 3.25. The van der Waals surface area contributed by atoms with Crippen molar-refractivity contribution in [1.29, 1.82) is 0 Å². The number of nitrogens with two attached hydrogens (primary N) is 1. The van der Waals surface area contributed by atoms with Crippen LogP contribution in [0.25, 0.3) is 0 Å². The summed E-state index contributed by atoms with van der Waals surface area (Å²) in [5.41, 5.74) is 6.63. The molecule has 0 saturated heterocycles. The van der Waals surface area contributed by atoms with E-state index in [1.54, 1.807) is 19.2 Å². The Kier molecular flexibility index (Phi) is 4.77. The quantitative estimate of drug-likeness (QED) is 0.860. The van der Waals surface area contributed by atoms with Crippen molar-refractivity contribution in [2.24, 2.45) is 5.73 Å². The molecular formula is C15H23FN2O. The molecule has 3 nitrogen and oxygen atoms in total. The van der Waals surface area contributed by atoms with Gasteiger partial charge in [0, 0.05) is 17.6 Å². The lowest BCUT2D eigenvalue weighted by molar-refractivity contribution is 0.155. The average Bonchev–Trinajstić information content (AvgIpc) is 2.33. The maximum Gasteiger partial charge on any atom is 0.131 e. The molecule has 4 heteroatoms. The smallest absolute Gasteiger partial charge is 0.131 e. The van der Waals surface area contributed by atoms with Gasteiger partial charge in [0.25, 0.3) is 0 Å². The van der Waals surface area contributed by atoms with Crippen molar-refractivity contribution in [3.63, 3.8) is 0 Å². The van der Waals surface area contributed by atoms with Gasteiger partial charge in [0.2, 0.25) is 0 Å². The Hall–Kier alpha value is -1.13. The summed E-state index contributed by atoms with van der Waals surface area (Å²) in [5, 5.41) is 0. The summed E-state index contributed by atoms with van der Waals surface area (Å²) in [6, 6.07) is 5.21. The molecule has 0 radical (unpaired) electrons. The minimum absolute atomic E-state index is 0.279. The zero-order chi connectivity index (χ0) is 13.8. The van der Waals surface area contributed by atoms with Crippen LogP contribution in [0, 0.1) is 5.82 Å². The molecule has 106 valence electrons. The lowest BCUT2D eigenvalue weighted by Crippen LogP contribution is -2.38. The molecule has 2 N–H and O–H groups in total. The molecule has 1 saturated carbocycles. The number of halogens is 1. The standard InChI is InChI=1S/C15H23FN2O/c1-18(11-5-3-6-11)10-9-13(17)15-12(16)7-4-8-14(15)19-2/h4,7-8,11,13H,3,5-6,9-10,17H2,1-2H3. The van der Waals surface area contributed by atoms with Crippen LogP contribution < -0.4 is 10.5 Å². The molecule has 1 aromatic carbocycles. The first kappa shape index (κ1) is 14.3. The van der Waals surface area contributed by atoms with E-state index in [1.165, 1.54) is 25.3 Å². The molecule has 1 aliphatic rings. The van der Waals surface area contributed by atoms with Gasteiger partial charge in [0.15, 0.2) is 0 Å². The highest BCUT2D eigenvalue weighted by Gasteiger charge is 2.23. The zero-order valence-electron chi connectivity index (χ0n) is 11.7. The van der Waals surface area contributed by atoms with E-state index >= 15 is 0 Å². The molecule has 0 spiro atoms. The SMILES string of the molecule is COc1cccc(F)c1C(N)CCN(C)C1CCC1. The van der Waals surface area contributed by atoms with Crippen molar-refractivity contribution in [3.05, 3.63) is 29.6 Å². The van der Waals surface area contributed by atoms with Crippen LogP contribution >= 0.6 is 0 Å². The summed E-state index contributed by atoms with van der Waals surface area (Å²) in [4.78, 5) is 2.33. The van der Waals surface area contributed by atoms with Crippen molar-refractivity contribution >= 4 is 0 Å². The molecule has 1 fully saturated rings. The molecular weight excluding hydrogens is 243 g/mol. The molecule has 2 rings (SSSR count). The molecule has 0 aliphatic heterocycles. The first-order valence-corrected chi connectivity index (χ1v) is 6.91. The van der Waals surface area contributed by atoms with Crippen LogP contribution in [0.4, 0.5) is 4.39 Å². The minimum Gasteiger partial charge on any atom is -0.496 e. The molecule has 0 bridgehead atoms. The maximum absolute atomic E-state index is 13.9. The fraction of sp³-hybridized carbons (Fsp3) is 0.600. The first-order valence-electron chi connectivity index (χ1n) is 6.91. The molecule has 1 aliphatic carbocycles. The fourth-order valence-electron chi connectivity index (χ4n) is 2.55. The molecule has 0 amide bonds. The third-order valence-electron chi connectivity index (χ3n) is 4.09. The van der Waals surface area contributed by atoms with Gasteiger partial charge in [0.05, 0.1) is 7.11 Å². The van der Waals surface area contributed by atoms with Gasteiger partial charge in [0.1, 0.15) is 11.6 Å². The summed E-state index contributed by atoms with van der Waals surface area (Å²) in [5.74, 6) is 0.261. The lowest BCUT2D eigenvalue weighted by atomic mass is 9.91. The number of benzene rings is 1. The Morgan fingerprint density at radius 2 is 2.21 bits per heavy atom. The second-order valence-electron chi connectivity index (χ2n) is 5.32. The van der Waals surface area contributed by atoms with Crippen molar-refractivity contribution in [1.82, 2.24) is 4.90 Å². The summed E-state index contributed by atoms with van der Waals surface area (Å²) < 4.78 is 19.1. The number of hydrogen-bond donors (Lipinski definition) is 1. The molecule has 1 atom stereocenters. The van der Waals surface area contributed by atoms with Gasteiger partial charge < -0.3 is 15.4 Å². The normalized spacial score (nSPS) is 17.3. The second kappa shape index (κ2) is 6.35. The number of methoxy groups -OCH3 is 1. The van der Waals surface area contributed by atoms with E-state index in [0.717, 1.165) is 13.0 Å². The highest BCUT2D eigenvalue weighted by molar-refractivity contribution is 5.37. The van der Waals surface area contributed by atoms with Crippen LogP contribution in [-0.2, 0) is 0 Å². The second-order valence-corrected chi connectivity index (χ2v) is 5.32. The Morgan fingerprint density at radius 1 is 1.47 bits per heavy atom. The van der Waals surface area contributed by atoms with E-state index in [-0.39, 0.29) is 11.9 Å². The van der Waals surface area contributed by atoms with E-state index in [4.69, 9.17) is 10.5 Å². The molecule has 1 unspecified atom stereocenters. The molecule has 0 heterocycles. The minimum atomic E-state index is -0.321. The fourth-order valence-corrected chi connectivity index (χ4v) is 2.55. The van der Waals surface area contributed by atoms with E-state index in [1.807, 2.05) is 0 Å². The number of nitrogens with zero attached hydrogens (tertiary/aromatic N) is 1. The van der Waals surface area contributed by atoms with Gasteiger partial charge in [-0.2, -0.15) is 0 Å². The Labute approximate surface area is 114 Å². The van der Waals surface area contributed by atoms with Crippen LogP contribution in [-0.4, -0.2) is 31.6 Å². The summed E-state index contributed by atoms with van der Waals surface area (Å²) in [7, 11) is 3.67. The van der Waals surface area contributed by atoms with E-state index in [0.29, 0.717) is 17.4 Å². The molecule has 19 heavy (non-hydrogen) atoms. The third-order valence-corrected chi connectivity index (χ3v) is 4.09. The largest absolute Gasteiger partial charge is 0.496 e. The summed E-state index contributed by atoms with van der Waals surface area (Å²) in [6.07, 6.45) is 4.61. The lowest BCUT2D eigenvalue weighted by Gasteiger charge is -2.35. The predicted molar refractivity (Wildman–Crippen MR) is 74.8 cm³/mol. The predicted octanol–water partition coefficient (Wildman–Crippen LogP) is 2.71. The molecule has 1 aromatic rings. The van der Waals surface area contributed by atoms with Crippen molar-refractivity contribution in [2.45, 2.75) is 37.8 Å². The highest BCUT2D eigenvalue weighted by Crippen LogP contribution is 2.29. The Morgan fingerprint density at radius 3 is 2.79 bits per heavy atom. The summed E-state index contributed by atoms with van der Waals surface area (Å²) >= 11 is 0. The van der Waals surface area contributed by atoms with Crippen LogP contribution in [0.5, 0.6) is 5.75 Å². The summed E-state index contributed by atoms with van der Waals surface area (Å²) in [6.45, 7) is 0.892. The highest BCUT2D eigenvalue weighted by atomic mass is 19.1. The number of ether oxygens (including phenoxy) is 1. The van der Waals surface area contributed by atoms with Gasteiger partial charge in [-0.25, -0.2) is 4.39 Å². The van der Waals surface area contributed by atoms with Gasteiger partial charge in [-0.05, 0) is 45.0 Å². The van der Waals surface area contributed by atoms with Gasteiger partial charge in [-0.3, -0.25) is 0 Å². The van der Waals surface area contributed by atoms with Gasteiger partial charge >= 0.3 is 0 Å². The topological polar surface area (TPSA) is 38.5 Å². The van der Waals surface area contributed by atoms with Crippen molar-refractivity contribution < 1.29 is 9.13 Å².